The summed E-state index contributed by atoms with van der Waals surface area (Å²) in [5, 5.41) is 12.9. The van der Waals surface area contributed by atoms with Crippen LogP contribution in [0.3, 0.4) is 0 Å². The molecule has 0 unspecified atom stereocenters. The van der Waals surface area contributed by atoms with Crippen molar-refractivity contribution in [2.24, 2.45) is 4.99 Å². The van der Waals surface area contributed by atoms with Crippen molar-refractivity contribution in [3.63, 3.8) is 0 Å². The monoisotopic (exact) mass is 573 g/mol. The number of halogens is 4. The minimum atomic E-state index is -5.28. The Balaban J connectivity index is 0.00000341. The van der Waals surface area contributed by atoms with Gasteiger partial charge in [-0.15, -0.1) is 24.0 Å². The van der Waals surface area contributed by atoms with Crippen LogP contribution in [0.25, 0.3) is 11.4 Å². The van der Waals surface area contributed by atoms with Gasteiger partial charge in [0.15, 0.2) is 11.8 Å². The molecule has 0 spiro atoms. The first-order valence-electron chi connectivity index (χ1n) is 9.19. The zero-order chi connectivity index (χ0) is 21.8. The molecule has 172 valence electrons. The highest BCUT2D eigenvalue weighted by Crippen LogP contribution is 2.28. The van der Waals surface area contributed by atoms with Gasteiger partial charge in [0.2, 0.25) is 0 Å². The van der Waals surface area contributed by atoms with Gasteiger partial charge in [-0.3, -0.25) is 10.1 Å². The fourth-order valence-corrected chi connectivity index (χ4v) is 4.12. The lowest BCUT2D eigenvalue weighted by atomic mass is 10.1. The first kappa shape index (κ1) is 25.3. The third-order valence-electron chi connectivity index (χ3n) is 4.73. The van der Waals surface area contributed by atoms with E-state index >= 15 is 0 Å². The number of aromatic nitrogens is 3. The smallest absolute Gasteiger partial charge is 0.354 e. The molecule has 2 heterocycles. The number of nitrogens with one attached hydrogen (secondary N) is 3. The van der Waals surface area contributed by atoms with Gasteiger partial charge in [0.05, 0.1) is 0 Å². The quantitative estimate of drug-likeness (QED) is 0.287. The average Bonchev–Trinajstić information content (AvgIpc) is 3.26. The van der Waals surface area contributed by atoms with Gasteiger partial charge >= 0.3 is 15.5 Å². The second-order valence-electron chi connectivity index (χ2n) is 6.73. The average molecular weight is 573 g/mol. The SMILES string of the molecule is CN=C(NCc1cccc(-c2ncn[nH]2)c1)NC1CCN(S(=O)(=O)C(F)(F)F)CC1.I. The lowest BCUT2D eigenvalue weighted by molar-refractivity contribution is -0.0494. The number of sulfonamides is 1. The molecule has 0 bridgehead atoms. The number of rotatable bonds is 5. The summed E-state index contributed by atoms with van der Waals surface area (Å²) >= 11 is 0. The molecule has 1 aromatic heterocycles. The fraction of sp³-hybridized carbons (Fsp3) is 0.471. The van der Waals surface area contributed by atoms with Crippen molar-refractivity contribution < 1.29 is 21.6 Å². The Kier molecular flexibility index (Phi) is 8.65. The van der Waals surface area contributed by atoms with Gasteiger partial charge in [-0.05, 0) is 24.5 Å². The molecule has 3 N–H and O–H groups in total. The summed E-state index contributed by atoms with van der Waals surface area (Å²) in [4.78, 5) is 8.25. The number of nitrogens with zero attached hydrogens (tertiary/aromatic N) is 4. The van der Waals surface area contributed by atoms with Crippen molar-refractivity contribution in [2.45, 2.75) is 30.9 Å². The Labute approximate surface area is 195 Å². The second-order valence-corrected chi connectivity index (χ2v) is 8.66. The Morgan fingerprint density at radius 1 is 1.32 bits per heavy atom. The van der Waals surface area contributed by atoms with Gasteiger partial charge in [0.25, 0.3) is 0 Å². The number of aliphatic imine (C=N–C) groups is 1. The van der Waals surface area contributed by atoms with Crippen LogP contribution in [0.1, 0.15) is 18.4 Å². The number of hydrogen-bond donors (Lipinski definition) is 3. The lowest BCUT2D eigenvalue weighted by Crippen LogP contribution is -2.51. The Hall–Kier alpha value is -1.94. The van der Waals surface area contributed by atoms with E-state index in [1.54, 1.807) is 7.05 Å². The molecule has 2 aromatic rings. The van der Waals surface area contributed by atoms with E-state index in [2.05, 4.69) is 30.8 Å². The summed E-state index contributed by atoms with van der Waals surface area (Å²) in [5.41, 5.74) is -3.42. The predicted molar refractivity (Wildman–Crippen MR) is 120 cm³/mol. The van der Waals surface area contributed by atoms with E-state index in [4.69, 9.17) is 0 Å². The van der Waals surface area contributed by atoms with Gasteiger partial charge in [0.1, 0.15) is 6.33 Å². The first-order valence-corrected chi connectivity index (χ1v) is 10.6. The standard InChI is InChI=1S/C17H22F3N7O2S.HI/c1-21-16(22-10-12-3-2-4-13(9-12)15-23-11-24-26-15)25-14-5-7-27(8-6-14)30(28,29)17(18,19)20;/h2-4,9,11,14H,5-8,10H2,1H3,(H2,21,22,25)(H,23,24,26);1H. The second kappa shape index (κ2) is 10.6. The highest BCUT2D eigenvalue weighted by Gasteiger charge is 2.50. The number of hydrogen-bond acceptors (Lipinski definition) is 5. The highest BCUT2D eigenvalue weighted by atomic mass is 127. The van der Waals surface area contributed by atoms with Crippen LogP contribution >= 0.6 is 24.0 Å². The maximum atomic E-state index is 12.7. The largest absolute Gasteiger partial charge is 0.511 e. The molecule has 1 aromatic carbocycles. The maximum absolute atomic E-state index is 12.7. The molecule has 1 saturated heterocycles. The Bertz CT molecular complexity index is 976. The summed E-state index contributed by atoms with van der Waals surface area (Å²) in [5.74, 6) is 1.14. The van der Waals surface area contributed by atoms with Crippen LogP contribution in [0.4, 0.5) is 13.2 Å². The number of alkyl halides is 3. The number of aromatic amines is 1. The highest BCUT2D eigenvalue weighted by molar-refractivity contribution is 14.0. The maximum Gasteiger partial charge on any atom is 0.511 e. The van der Waals surface area contributed by atoms with Crippen molar-refractivity contribution in [3.8, 4) is 11.4 Å². The lowest BCUT2D eigenvalue weighted by Gasteiger charge is -2.32. The predicted octanol–water partition coefficient (Wildman–Crippen LogP) is 2.07. The van der Waals surface area contributed by atoms with E-state index in [1.807, 2.05) is 24.3 Å². The van der Waals surface area contributed by atoms with Crippen LogP contribution in [0.2, 0.25) is 0 Å². The van der Waals surface area contributed by atoms with Crippen molar-refractivity contribution in [2.75, 3.05) is 20.1 Å². The Morgan fingerprint density at radius 2 is 2.03 bits per heavy atom. The van der Waals surface area contributed by atoms with Crippen LogP contribution in [0.5, 0.6) is 0 Å². The molecule has 3 rings (SSSR count). The molecule has 1 aliphatic heterocycles. The van der Waals surface area contributed by atoms with Crippen LogP contribution < -0.4 is 10.6 Å². The van der Waals surface area contributed by atoms with Crippen molar-refractivity contribution >= 4 is 40.0 Å². The Morgan fingerprint density at radius 3 is 2.61 bits per heavy atom. The van der Waals surface area contributed by atoms with Crippen LogP contribution in [0.15, 0.2) is 35.6 Å². The molecule has 9 nitrogen and oxygen atoms in total. The molecule has 0 radical (unpaired) electrons. The first-order chi connectivity index (χ1) is 14.2. The molecular weight excluding hydrogens is 550 g/mol. The van der Waals surface area contributed by atoms with Crippen LogP contribution in [-0.4, -0.2) is 65.6 Å². The van der Waals surface area contributed by atoms with Gasteiger partial charge in [-0.2, -0.15) is 22.6 Å². The van der Waals surface area contributed by atoms with Gasteiger partial charge in [-0.1, -0.05) is 18.2 Å². The number of H-pyrrole nitrogens is 1. The molecular formula is C17H23F3IN7O2S. The van der Waals surface area contributed by atoms with E-state index in [0.29, 0.717) is 22.6 Å². The molecule has 31 heavy (non-hydrogen) atoms. The summed E-state index contributed by atoms with van der Waals surface area (Å²) in [6, 6.07) is 7.49. The fourth-order valence-electron chi connectivity index (χ4n) is 3.13. The zero-order valence-electron chi connectivity index (χ0n) is 16.6. The van der Waals surface area contributed by atoms with Gasteiger partial charge < -0.3 is 10.6 Å². The van der Waals surface area contributed by atoms with Crippen LogP contribution in [0, 0.1) is 0 Å². The van der Waals surface area contributed by atoms with E-state index in [-0.39, 0.29) is 55.9 Å². The normalized spacial score (nSPS) is 16.6. The van der Waals surface area contributed by atoms with E-state index in [1.165, 1.54) is 6.33 Å². The van der Waals surface area contributed by atoms with Gasteiger partial charge in [0, 0.05) is 38.3 Å². The third-order valence-corrected chi connectivity index (χ3v) is 6.36. The molecule has 1 aliphatic rings. The molecule has 1 fully saturated rings. The van der Waals surface area contributed by atoms with Gasteiger partial charge in [-0.25, -0.2) is 13.4 Å². The summed E-state index contributed by atoms with van der Waals surface area (Å²) < 4.78 is 61.5. The minimum Gasteiger partial charge on any atom is -0.354 e. The summed E-state index contributed by atoms with van der Waals surface area (Å²) in [7, 11) is -3.69. The minimum absolute atomic E-state index is 0. The molecule has 0 amide bonds. The summed E-state index contributed by atoms with van der Waals surface area (Å²) in [6.07, 6.45) is 1.92. The van der Waals surface area contributed by atoms with E-state index in [9.17, 15) is 21.6 Å². The molecule has 14 heteroatoms. The summed E-state index contributed by atoms with van der Waals surface area (Å²) in [6.45, 7) is 0.0639. The topological polar surface area (TPSA) is 115 Å². The zero-order valence-corrected chi connectivity index (χ0v) is 19.7. The van der Waals surface area contributed by atoms with E-state index in [0.717, 1.165) is 11.1 Å². The van der Waals surface area contributed by atoms with Crippen molar-refractivity contribution in [1.29, 1.82) is 0 Å². The molecule has 0 aliphatic carbocycles. The van der Waals surface area contributed by atoms with Crippen LogP contribution in [-0.2, 0) is 16.6 Å². The number of piperidine rings is 1. The third kappa shape index (κ3) is 6.29. The van der Waals surface area contributed by atoms with E-state index < -0.39 is 15.5 Å². The van der Waals surface area contributed by atoms with Crippen molar-refractivity contribution in [3.05, 3.63) is 36.2 Å². The number of guanidine groups is 1. The number of benzene rings is 1. The molecule has 0 atom stereocenters. The van der Waals surface area contributed by atoms with Crippen molar-refractivity contribution in [1.82, 2.24) is 30.1 Å². The molecule has 0 saturated carbocycles.